The van der Waals surface area contributed by atoms with Gasteiger partial charge in [0.2, 0.25) is 5.91 Å². The lowest BCUT2D eigenvalue weighted by atomic mass is 9.95. The van der Waals surface area contributed by atoms with Crippen LogP contribution in [0.3, 0.4) is 0 Å². The van der Waals surface area contributed by atoms with Crippen molar-refractivity contribution < 1.29 is 4.79 Å². The van der Waals surface area contributed by atoms with Crippen LogP contribution in [0.1, 0.15) is 25.7 Å². The summed E-state index contributed by atoms with van der Waals surface area (Å²) >= 11 is 7.81. The molecule has 1 aliphatic carbocycles. The summed E-state index contributed by atoms with van der Waals surface area (Å²) < 4.78 is 0. The van der Waals surface area contributed by atoms with Crippen LogP contribution in [0.15, 0.2) is 29.2 Å². The molecule has 6 heteroatoms. The van der Waals surface area contributed by atoms with Gasteiger partial charge in [-0.3, -0.25) is 4.79 Å². The first-order chi connectivity index (χ1) is 9.67. The Bertz CT molecular complexity index is 434. The lowest BCUT2D eigenvalue weighted by Crippen LogP contribution is -2.41. The molecule has 0 radical (unpaired) electrons. The van der Waals surface area contributed by atoms with Gasteiger partial charge in [0.15, 0.2) is 0 Å². The van der Waals surface area contributed by atoms with Crippen molar-refractivity contribution in [3.63, 3.8) is 0 Å². The monoisotopic (exact) mass is 348 g/mol. The minimum atomic E-state index is 0. The third kappa shape index (κ3) is 6.47. The maximum absolute atomic E-state index is 11.5. The summed E-state index contributed by atoms with van der Waals surface area (Å²) in [7, 11) is 1.79. The summed E-state index contributed by atoms with van der Waals surface area (Å²) in [5.41, 5.74) is 0. The molecule has 1 aliphatic rings. The van der Waals surface area contributed by atoms with Gasteiger partial charge in [-0.25, -0.2) is 0 Å². The molecule has 118 valence electrons. The number of benzene rings is 1. The maximum Gasteiger partial charge on any atom is 0.234 e. The fourth-order valence-electron chi connectivity index (χ4n) is 2.47. The molecule has 21 heavy (non-hydrogen) atoms. The molecule has 1 aromatic rings. The minimum Gasteiger partial charge on any atom is -0.352 e. The van der Waals surface area contributed by atoms with Gasteiger partial charge in [-0.1, -0.05) is 11.6 Å². The van der Waals surface area contributed by atoms with E-state index in [-0.39, 0.29) is 18.3 Å². The van der Waals surface area contributed by atoms with Gasteiger partial charge in [-0.15, -0.1) is 24.2 Å². The molecule has 0 aromatic heterocycles. The van der Waals surface area contributed by atoms with Crippen molar-refractivity contribution in [3.8, 4) is 0 Å². The Kier molecular flexibility index (Phi) is 8.49. The molecule has 2 N–H and O–H groups in total. The highest BCUT2D eigenvalue weighted by atomic mass is 35.5. The van der Waals surface area contributed by atoms with Gasteiger partial charge in [0.05, 0.1) is 6.54 Å². The molecule has 2 rings (SSSR count). The Morgan fingerprint density at radius 2 is 1.86 bits per heavy atom. The Hall–Kier alpha value is -0.420. The first-order valence-electron chi connectivity index (χ1n) is 7.03. The summed E-state index contributed by atoms with van der Waals surface area (Å²) in [5, 5.41) is 7.39. The number of thioether (sulfide) groups is 1. The third-order valence-corrected chi connectivity index (χ3v) is 5.09. The average Bonchev–Trinajstić information content (AvgIpc) is 2.44. The Balaban J connectivity index is 0.00000220. The molecule has 0 saturated heterocycles. The SMILES string of the molecule is CNCC(=O)NC1CCC(Sc2ccc(Cl)cc2)CC1.Cl. The predicted octanol–water partition coefficient (Wildman–Crippen LogP) is 3.50. The zero-order valence-corrected chi connectivity index (χ0v) is 14.5. The molecule has 1 fully saturated rings. The van der Waals surface area contributed by atoms with E-state index in [1.54, 1.807) is 7.05 Å². The number of likely N-dealkylation sites (N-methyl/N-ethyl adjacent to an activating group) is 1. The molecule has 0 heterocycles. The van der Waals surface area contributed by atoms with Crippen molar-refractivity contribution in [3.05, 3.63) is 29.3 Å². The van der Waals surface area contributed by atoms with Crippen LogP contribution in [-0.4, -0.2) is 30.8 Å². The number of nitrogens with one attached hydrogen (secondary N) is 2. The number of hydrogen-bond acceptors (Lipinski definition) is 3. The molecule has 0 unspecified atom stereocenters. The van der Waals surface area contributed by atoms with Crippen LogP contribution in [0.4, 0.5) is 0 Å². The van der Waals surface area contributed by atoms with Gasteiger partial charge < -0.3 is 10.6 Å². The van der Waals surface area contributed by atoms with Gasteiger partial charge in [-0.2, -0.15) is 0 Å². The van der Waals surface area contributed by atoms with Crippen molar-refractivity contribution >= 4 is 41.7 Å². The van der Waals surface area contributed by atoms with Crippen molar-refractivity contribution in [2.45, 2.75) is 41.9 Å². The van der Waals surface area contributed by atoms with Crippen LogP contribution >= 0.6 is 35.8 Å². The quantitative estimate of drug-likeness (QED) is 0.855. The zero-order valence-electron chi connectivity index (χ0n) is 12.1. The van der Waals surface area contributed by atoms with Crippen molar-refractivity contribution in [2.75, 3.05) is 13.6 Å². The van der Waals surface area contributed by atoms with E-state index >= 15 is 0 Å². The summed E-state index contributed by atoms with van der Waals surface area (Å²) in [6, 6.07) is 8.38. The highest BCUT2D eigenvalue weighted by molar-refractivity contribution is 8.00. The Labute approximate surface area is 142 Å². The molecule has 0 aliphatic heterocycles. The minimum absolute atomic E-state index is 0. The van der Waals surface area contributed by atoms with Crippen LogP contribution < -0.4 is 10.6 Å². The number of carbonyl (C=O) groups is 1. The van der Waals surface area contributed by atoms with Gasteiger partial charge in [0.25, 0.3) is 0 Å². The number of carbonyl (C=O) groups excluding carboxylic acids is 1. The fraction of sp³-hybridized carbons (Fsp3) is 0.533. The predicted molar refractivity (Wildman–Crippen MR) is 92.7 cm³/mol. The first-order valence-corrected chi connectivity index (χ1v) is 8.29. The topological polar surface area (TPSA) is 41.1 Å². The largest absolute Gasteiger partial charge is 0.352 e. The summed E-state index contributed by atoms with van der Waals surface area (Å²) in [4.78, 5) is 12.8. The summed E-state index contributed by atoms with van der Waals surface area (Å²) in [5.74, 6) is 0.0984. The first kappa shape index (κ1) is 18.6. The van der Waals surface area contributed by atoms with Crippen molar-refractivity contribution in [2.24, 2.45) is 0 Å². The molecular formula is C15H22Cl2N2OS. The van der Waals surface area contributed by atoms with E-state index < -0.39 is 0 Å². The molecule has 1 saturated carbocycles. The fourth-order valence-corrected chi connectivity index (χ4v) is 3.78. The van der Waals surface area contributed by atoms with E-state index in [2.05, 4.69) is 22.8 Å². The smallest absolute Gasteiger partial charge is 0.234 e. The van der Waals surface area contributed by atoms with E-state index in [1.807, 2.05) is 23.9 Å². The van der Waals surface area contributed by atoms with E-state index in [1.165, 1.54) is 4.90 Å². The lowest BCUT2D eigenvalue weighted by Gasteiger charge is -2.28. The standard InChI is InChI=1S/C15H21ClN2OS.ClH/c1-17-10-15(19)18-12-4-8-14(9-5-12)20-13-6-2-11(16)3-7-13;/h2-3,6-7,12,14,17H,4-5,8-10H2,1H3,(H,18,19);1H. The van der Waals surface area contributed by atoms with Crippen molar-refractivity contribution in [1.82, 2.24) is 10.6 Å². The number of halogens is 2. The Morgan fingerprint density at radius 1 is 1.24 bits per heavy atom. The van der Waals surface area contributed by atoms with Gasteiger partial charge in [0.1, 0.15) is 0 Å². The molecular weight excluding hydrogens is 327 g/mol. The van der Waals surface area contributed by atoms with Gasteiger partial charge in [-0.05, 0) is 57.0 Å². The molecule has 1 aromatic carbocycles. The number of amides is 1. The van der Waals surface area contributed by atoms with E-state index in [9.17, 15) is 4.79 Å². The zero-order chi connectivity index (χ0) is 14.4. The van der Waals surface area contributed by atoms with Crippen molar-refractivity contribution in [1.29, 1.82) is 0 Å². The van der Waals surface area contributed by atoms with E-state index in [0.717, 1.165) is 30.7 Å². The Morgan fingerprint density at radius 3 is 2.43 bits per heavy atom. The van der Waals surface area contributed by atoms with Crippen LogP contribution in [0.25, 0.3) is 0 Å². The highest BCUT2D eigenvalue weighted by Crippen LogP contribution is 2.34. The van der Waals surface area contributed by atoms with Crippen LogP contribution in [0.5, 0.6) is 0 Å². The molecule has 1 amide bonds. The van der Waals surface area contributed by atoms with Gasteiger partial charge in [0, 0.05) is 21.2 Å². The van der Waals surface area contributed by atoms with Gasteiger partial charge >= 0.3 is 0 Å². The van der Waals surface area contributed by atoms with E-state index in [0.29, 0.717) is 17.8 Å². The number of hydrogen-bond donors (Lipinski definition) is 2. The van der Waals surface area contributed by atoms with Crippen LogP contribution in [0, 0.1) is 0 Å². The molecule has 0 spiro atoms. The van der Waals surface area contributed by atoms with E-state index in [4.69, 9.17) is 11.6 Å². The van der Waals surface area contributed by atoms with Crippen LogP contribution in [0.2, 0.25) is 5.02 Å². The lowest BCUT2D eigenvalue weighted by molar-refractivity contribution is -0.121. The second kappa shape index (κ2) is 9.57. The average molecular weight is 349 g/mol. The maximum atomic E-state index is 11.5. The second-order valence-electron chi connectivity index (χ2n) is 5.14. The highest BCUT2D eigenvalue weighted by Gasteiger charge is 2.22. The normalized spacial score (nSPS) is 21.4. The summed E-state index contributed by atoms with van der Waals surface area (Å²) in [6.45, 7) is 0.402. The molecule has 0 atom stereocenters. The summed E-state index contributed by atoms with van der Waals surface area (Å²) in [6.07, 6.45) is 4.44. The third-order valence-electron chi connectivity index (χ3n) is 3.49. The molecule has 0 bridgehead atoms. The van der Waals surface area contributed by atoms with Crippen LogP contribution in [-0.2, 0) is 4.79 Å². The molecule has 3 nitrogen and oxygen atoms in total. The second-order valence-corrected chi connectivity index (χ2v) is 6.95. The number of rotatable bonds is 5.